The summed E-state index contributed by atoms with van der Waals surface area (Å²) in [5.41, 5.74) is 8.22. The van der Waals surface area contributed by atoms with E-state index in [1.165, 1.54) is 6.42 Å². The van der Waals surface area contributed by atoms with E-state index in [-0.39, 0.29) is 12.1 Å². The Bertz CT molecular complexity index is 399. The standard InChI is InChI=1S/C13H22ClN3O/c1-3-10-13(14)11(17(2)16-10)8-9(15)12-6-4-5-7-18-12/h9,12H,3-8,15H2,1-2H3. The molecule has 0 saturated carbocycles. The lowest BCUT2D eigenvalue weighted by Crippen LogP contribution is -2.40. The van der Waals surface area contributed by atoms with Crippen LogP contribution in [0.3, 0.4) is 0 Å². The molecule has 1 aromatic heterocycles. The second-order valence-corrected chi connectivity index (χ2v) is 5.34. The highest BCUT2D eigenvalue weighted by Gasteiger charge is 2.24. The molecule has 1 aromatic rings. The summed E-state index contributed by atoms with van der Waals surface area (Å²) >= 11 is 6.33. The normalized spacial score (nSPS) is 22.1. The van der Waals surface area contributed by atoms with Crippen molar-refractivity contribution in [3.63, 3.8) is 0 Å². The Hall–Kier alpha value is -0.580. The van der Waals surface area contributed by atoms with E-state index >= 15 is 0 Å². The minimum absolute atomic E-state index is 0.00269. The summed E-state index contributed by atoms with van der Waals surface area (Å²) in [7, 11) is 1.93. The molecule has 1 aliphatic rings. The smallest absolute Gasteiger partial charge is 0.0850 e. The molecule has 0 spiro atoms. The average molecular weight is 272 g/mol. The topological polar surface area (TPSA) is 53.1 Å². The Morgan fingerprint density at radius 2 is 2.33 bits per heavy atom. The molecule has 0 bridgehead atoms. The number of hydrogen-bond acceptors (Lipinski definition) is 3. The Morgan fingerprint density at radius 1 is 1.56 bits per heavy atom. The van der Waals surface area contributed by atoms with Gasteiger partial charge >= 0.3 is 0 Å². The minimum atomic E-state index is 0.00269. The van der Waals surface area contributed by atoms with Crippen LogP contribution < -0.4 is 5.73 Å². The van der Waals surface area contributed by atoms with Gasteiger partial charge in [0.05, 0.1) is 22.5 Å². The molecule has 0 amide bonds. The molecule has 1 saturated heterocycles. The van der Waals surface area contributed by atoms with Gasteiger partial charge in [-0.3, -0.25) is 4.68 Å². The molecule has 2 atom stereocenters. The average Bonchev–Trinajstić information content (AvgIpc) is 2.67. The molecule has 4 nitrogen and oxygen atoms in total. The van der Waals surface area contributed by atoms with Crippen LogP contribution in [0.1, 0.15) is 37.6 Å². The van der Waals surface area contributed by atoms with Crippen LogP contribution in [0.2, 0.25) is 5.02 Å². The second kappa shape index (κ2) is 6.04. The molecular weight excluding hydrogens is 250 g/mol. The van der Waals surface area contributed by atoms with Crippen molar-refractivity contribution in [2.45, 2.75) is 51.2 Å². The molecule has 2 heterocycles. The van der Waals surface area contributed by atoms with Gasteiger partial charge in [0.15, 0.2) is 0 Å². The van der Waals surface area contributed by atoms with Crippen LogP contribution in [0, 0.1) is 0 Å². The van der Waals surface area contributed by atoms with E-state index in [4.69, 9.17) is 22.1 Å². The molecule has 2 rings (SSSR count). The Morgan fingerprint density at radius 3 is 2.89 bits per heavy atom. The van der Waals surface area contributed by atoms with Crippen molar-refractivity contribution in [3.8, 4) is 0 Å². The van der Waals surface area contributed by atoms with Gasteiger partial charge in [-0.15, -0.1) is 0 Å². The lowest BCUT2D eigenvalue weighted by molar-refractivity contribution is 0.000338. The molecule has 2 N–H and O–H groups in total. The number of aryl methyl sites for hydroxylation is 2. The molecule has 18 heavy (non-hydrogen) atoms. The first-order valence-electron chi connectivity index (χ1n) is 6.71. The summed E-state index contributed by atoms with van der Waals surface area (Å²) in [4.78, 5) is 0. The van der Waals surface area contributed by atoms with Crippen LogP contribution >= 0.6 is 11.6 Å². The maximum Gasteiger partial charge on any atom is 0.0850 e. The van der Waals surface area contributed by atoms with E-state index in [1.807, 2.05) is 11.7 Å². The zero-order valence-corrected chi connectivity index (χ0v) is 11.9. The second-order valence-electron chi connectivity index (χ2n) is 4.96. The number of rotatable bonds is 4. The summed E-state index contributed by atoms with van der Waals surface area (Å²) < 4.78 is 7.58. The maximum atomic E-state index is 6.33. The predicted molar refractivity (Wildman–Crippen MR) is 72.9 cm³/mol. The Kier molecular flexibility index (Phi) is 4.65. The van der Waals surface area contributed by atoms with Crippen molar-refractivity contribution in [2.24, 2.45) is 12.8 Å². The van der Waals surface area contributed by atoms with Crippen LogP contribution in [0.15, 0.2) is 0 Å². The van der Waals surface area contributed by atoms with Crippen LogP contribution in [0.4, 0.5) is 0 Å². The number of aromatic nitrogens is 2. The van der Waals surface area contributed by atoms with Gasteiger partial charge in [-0.25, -0.2) is 0 Å². The first-order chi connectivity index (χ1) is 8.63. The monoisotopic (exact) mass is 271 g/mol. The summed E-state index contributed by atoms with van der Waals surface area (Å²) in [5.74, 6) is 0. The molecule has 5 heteroatoms. The lowest BCUT2D eigenvalue weighted by Gasteiger charge is -2.28. The lowest BCUT2D eigenvalue weighted by atomic mass is 9.99. The SMILES string of the molecule is CCc1nn(C)c(CC(N)C2CCCCO2)c1Cl. The third-order valence-corrected chi connectivity index (χ3v) is 4.06. The quantitative estimate of drug-likeness (QED) is 0.912. The number of hydrogen-bond donors (Lipinski definition) is 1. The number of nitrogens with zero attached hydrogens (tertiary/aromatic N) is 2. The number of nitrogens with two attached hydrogens (primary N) is 1. The van der Waals surface area contributed by atoms with Gasteiger partial charge in [0.2, 0.25) is 0 Å². The molecule has 1 aliphatic heterocycles. The van der Waals surface area contributed by atoms with Gasteiger partial charge in [0.1, 0.15) is 0 Å². The fourth-order valence-electron chi connectivity index (χ4n) is 2.50. The molecule has 0 aliphatic carbocycles. The number of halogens is 1. The van der Waals surface area contributed by atoms with Crippen molar-refractivity contribution in [1.82, 2.24) is 9.78 Å². The highest BCUT2D eigenvalue weighted by Crippen LogP contribution is 2.24. The van der Waals surface area contributed by atoms with Gasteiger partial charge in [0, 0.05) is 26.1 Å². The van der Waals surface area contributed by atoms with Crippen molar-refractivity contribution in [2.75, 3.05) is 6.61 Å². The summed E-state index contributed by atoms with van der Waals surface area (Å²) in [6.07, 6.45) is 5.15. The van der Waals surface area contributed by atoms with Gasteiger partial charge in [-0.2, -0.15) is 5.10 Å². The van der Waals surface area contributed by atoms with E-state index < -0.39 is 0 Å². The largest absolute Gasteiger partial charge is 0.377 e. The van der Waals surface area contributed by atoms with Crippen molar-refractivity contribution in [1.29, 1.82) is 0 Å². The van der Waals surface area contributed by atoms with E-state index in [0.717, 1.165) is 48.7 Å². The molecule has 2 unspecified atom stereocenters. The Balaban J connectivity index is 2.06. The first kappa shape index (κ1) is 13.8. The molecule has 102 valence electrons. The summed E-state index contributed by atoms with van der Waals surface area (Å²) in [6.45, 7) is 2.89. The molecule has 0 radical (unpaired) electrons. The molecular formula is C13H22ClN3O. The molecule has 1 fully saturated rings. The summed E-state index contributed by atoms with van der Waals surface area (Å²) in [5, 5.41) is 5.18. The van der Waals surface area contributed by atoms with Crippen molar-refractivity contribution in [3.05, 3.63) is 16.4 Å². The van der Waals surface area contributed by atoms with E-state index in [1.54, 1.807) is 0 Å². The third-order valence-electron chi connectivity index (χ3n) is 3.62. The predicted octanol–water partition coefficient (Wildman–Crippen LogP) is 2.07. The van der Waals surface area contributed by atoms with E-state index in [0.29, 0.717) is 0 Å². The number of ether oxygens (including phenoxy) is 1. The Labute approximate surface area is 113 Å². The van der Waals surface area contributed by atoms with Gasteiger partial charge in [0.25, 0.3) is 0 Å². The van der Waals surface area contributed by atoms with E-state index in [9.17, 15) is 0 Å². The van der Waals surface area contributed by atoms with Crippen LogP contribution in [-0.4, -0.2) is 28.5 Å². The van der Waals surface area contributed by atoms with Gasteiger partial charge in [-0.05, 0) is 25.7 Å². The van der Waals surface area contributed by atoms with Gasteiger partial charge < -0.3 is 10.5 Å². The summed E-state index contributed by atoms with van der Waals surface area (Å²) in [6, 6.07) is 0.00269. The van der Waals surface area contributed by atoms with Crippen molar-refractivity contribution >= 4 is 11.6 Å². The van der Waals surface area contributed by atoms with Crippen LogP contribution in [0.25, 0.3) is 0 Å². The maximum absolute atomic E-state index is 6.33. The zero-order chi connectivity index (χ0) is 13.1. The fourth-order valence-corrected chi connectivity index (χ4v) is 2.87. The highest BCUT2D eigenvalue weighted by molar-refractivity contribution is 6.31. The van der Waals surface area contributed by atoms with E-state index in [2.05, 4.69) is 12.0 Å². The van der Waals surface area contributed by atoms with Crippen LogP contribution in [-0.2, 0) is 24.6 Å². The first-order valence-corrected chi connectivity index (χ1v) is 7.08. The third kappa shape index (κ3) is 2.87. The highest BCUT2D eigenvalue weighted by atomic mass is 35.5. The van der Waals surface area contributed by atoms with Crippen LogP contribution in [0.5, 0.6) is 0 Å². The fraction of sp³-hybridized carbons (Fsp3) is 0.769. The minimum Gasteiger partial charge on any atom is -0.377 e. The zero-order valence-electron chi connectivity index (χ0n) is 11.2. The molecule has 0 aromatic carbocycles. The van der Waals surface area contributed by atoms with Crippen molar-refractivity contribution < 1.29 is 4.74 Å². The van der Waals surface area contributed by atoms with Gasteiger partial charge in [-0.1, -0.05) is 18.5 Å².